The maximum absolute atomic E-state index is 6.51. The molecule has 4 nitrogen and oxygen atoms in total. The van der Waals surface area contributed by atoms with Crippen LogP contribution in [0.25, 0.3) is 106 Å². The van der Waals surface area contributed by atoms with Crippen LogP contribution in [0.15, 0.2) is 217 Å². The minimum Gasteiger partial charge on any atom is -0.455 e. The quantitative estimate of drug-likeness (QED) is 0.154. The number of para-hydroxylation sites is 2. The topological polar surface area (TPSA) is 51.8 Å². The van der Waals surface area contributed by atoms with E-state index in [1.54, 1.807) is 0 Å². The molecule has 1 aliphatic rings. The summed E-state index contributed by atoms with van der Waals surface area (Å²) < 4.78 is 6.51. The molecule has 10 aromatic rings. The third-order valence-electron chi connectivity index (χ3n) is 11.9. The summed E-state index contributed by atoms with van der Waals surface area (Å²) in [6, 6.07) is 68.2. The van der Waals surface area contributed by atoms with Crippen molar-refractivity contribution in [2.24, 2.45) is 5.92 Å². The summed E-state index contributed by atoms with van der Waals surface area (Å²) >= 11 is 0. The summed E-state index contributed by atoms with van der Waals surface area (Å²) in [5, 5.41) is 2.09. The summed E-state index contributed by atoms with van der Waals surface area (Å²) in [5.74, 6) is 2.16. The number of nitrogens with zero attached hydrogens (tertiary/aromatic N) is 3. The van der Waals surface area contributed by atoms with E-state index in [0.717, 1.165) is 61.7 Å². The highest BCUT2D eigenvalue weighted by Gasteiger charge is 2.26. The Kier molecular flexibility index (Phi) is 9.51. The summed E-state index contributed by atoms with van der Waals surface area (Å²) in [6.07, 6.45) is 7.77. The zero-order chi connectivity index (χ0) is 41.4. The lowest BCUT2D eigenvalue weighted by atomic mass is 9.77. The Labute approximate surface area is 361 Å². The maximum Gasteiger partial charge on any atom is 0.167 e. The normalized spacial score (nSPS) is 13.7. The van der Waals surface area contributed by atoms with Crippen LogP contribution in [-0.2, 0) is 0 Å². The molecule has 0 fully saturated rings. The highest BCUT2D eigenvalue weighted by molar-refractivity contribution is 6.09. The minimum atomic E-state index is 0.418. The number of allylic oxidation sites excluding steroid dienone is 4. The Bertz CT molecular complexity index is 3310. The lowest BCUT2D eigenvalue weighted by Gasteiger charge is -2.26. The van der Waals surface area contributed by atoms with E-state index in [1.807, 2.05) is 54.6 Å². The van der Waals surface area contributed by atoms with Crippen LogP contribution in [0.5, 0.6) is 0 Å². The van der Waals surface area contributed by atoms with E-state index >= 15 is 0 Å². The van der Waals surface area contributed by atoms with Crippen molar-refractivity contribution in [3.63, 3.8) is 0 Å². The van der Waals surface area contributed by atoms with Gasteiger partial charge >= 0.3 is 0 Å². The number of hydrogen-bond acceptors (Lipinski definition) is 4. The van der Waals surface area contributed by atoms with Crippen LogP contribution in [0.2, 0.25) is 0 Å². The molecule has 0 radical (unpaired) electrons. The van der Waals surface area contributed by atoms with Gasteiger partial charge in [-0.1, -0.05) is 195 Å². The molecule has 62 heavy (non-hydrogen) atoms. The van der Waals surface area contributed by atoms with Crippen molar-refractivity contribution in [1.82, 2.24) is 15.0 Å². The van der Waals surface area contributed by atoms with Crippen molar-refractivity contribution >= 4 is 27.5 Å². The predicted octanol–water partition coefficient (Wildman–Crippen LogP) is 15.4. The van der Waals surface area contributed by atoms with Crippen LogP contribution in [0.1, 0.15) is 18.9 Å². The van der Waals surface area contributed by atoms with Crippen LogP contribution >= 0.6 is 0 Å². The Hall–Kier alpha value is -7.95. The second-order valence-corrected chi connectivity index (χ2v) is 16.0. The van der Waals surface area contributed by atoms with Crippen molar-refractivity contribution in [3.8, 4) is 78.7 Å². The largest absolute Gasteiger partial charge is 0.455 e. The Balaban J connectivity index is 1.18. The molecule has 1 unspecified atom stereocenters. The molecule has 2 heterocycles. The van der Waals surface area contributed by atoms with Gasteiger partial charge in [0.15, 0.2) is 17.5 Å². The summed E-state index contributed by atoms with van der Waals surface area (Å²) in [7, 11) is 0. The standard InChI is InChI=1S/C58H41N3O/c1-38-19-16-28-43(35-38)49-37-50(53(40-22-8-3-9-23-40)54(41-24-10-4-11-25-41)52(49)39-20-6-2-7-21-39)44-29-17-30-45(36-44)57-59-56(42-26-12-5-13-27-42)60-58(61-57)48-33-18-32-47-46-31-14-15-34-51(46)62-55(47)48/h2-34,36-38H,35H2,1H3. The molecule has 1 aliphatic carbocycles. The van der Waals surface area contributed by atoms with Gasteiger partial charge < -0.3 is 4.42 Å². The van der Waals surface area contributed by atoms with Gasteiger partial charge in [-0.15, -0.1) is 0 Å². The second kappa shape index (κ2) is 15.9. The maximum atomic E-state index is 6.51. The van der Waals surface area contributed by atoms with Gasteiger partial charge in [-0.05, 0) is 92.2 Å². The Morgan fingerprint density at radius 1 is 0.419 bits per heavy atom. The Morgan fingerprint density at radius 3 is 1.61 bits per heavy atom. The number of furan rings is 1. The molecule has 0 N–H and O–H groups in total. The molecule has 8 aromatic carbocycles. The van der Waals surface area contributed by atoms with E-state index in [9.17, 15) is 0 Å². The molecule has 0 aliphatic heterocycles. The fourth-order valence-corrected chi connectivity index (χ4v) is 9.00. The summed E-state index contributed by atoms with van der Waals surface area (Å²) in [4.78, 5) is 15.6. The predicted molar refractivity (Wildman–Crippen MR) is 256 cm³/mol. The van der Waals surface area contributed by atoms with Crippen LogP contribution in [-0.4, -0.2) is 15.0 Å². The minimum absolute atomic E-state index is 0.418. The molecule has 11 rings (SSSR count). The molecule has 0 bridgehead atoms. The molecule has 4 heteroatoms. The van der Waals surface area contributed by atoms with Gasteiger partial charge in [0, 0.05) is 21.9 Å². The van der Waals surface area contributed by atoms with Gasteiger partial charge in [-0.25, -0.2) is 15.0 Å². The van der Waals surface area contributed by atoms with Crippen molar-refractivity contribution in [1.29, 1.82) is 0 Å². The molecule has 0 amide bonds. The van der Waals surface area contributed by atoms with E-state index in [4.69, 9.17) is 19.4 Å². The van der Waals surface area contributed by atoms with E-state index in [2.05, 4.69) is 165 Å². The molecule has 0 saturated heterocycles. The third kappa shape index (κ3) is 6.82. The number of rotatable bonds is 8. The van der Waals surface area contributed by atoms with Gasteiger partial charge in [-0.2, -0.15) is 0 Å². The van der Waals surface area contributed by atoms with E-state index in [0.29, 0.717) is 23.4 Å². The number of benzene rings is 8. The van der Waals surface area contributed by atoms with Crippen LogP contribution in [0.4, 0.5) is 0 Å². The molecule has 1 atom stereocenters. The molecular formula is C58H41N3O. The highest BCUT2D eigenvalue weighted by Crippen LogP contribution is 2.50. The number of aromatic nitrogens is 3. The SMILES string of the molecule is CC1C=CC=C(c2cc(-c3cccc(-c4nc(-c5ccccc5)nc(-c5cccc6c5oc5ccccc56)n4)c3)c(-c3ccccc3)c(-c3ccccc3)c2-c2ccccc2)C1. The third-order valence-corrected chi connectivity index (χ3v) is 11.9. The molecule has 2 aromatic heterocycles. The monoisotopic (exact) mass is 795 g/mol. The lowest BCUT2D eigenvalue weighted by molar-refractivity contribution is 0.669. The van der Waals surface area contributed by atoms with Gasteiger partial charge in [0.25, 0.3) is 0 Å². The average molecular weight is 796 g/mol. The fraction of sp³-hybridized carbons (Fsp3) is 0.0517. The van der Waals surface area contributed by atoms with Gasteiger partial charge in [0.1, 0.15) is 11.2 Å². The van der Waals surface area contributed by atoms with E-state index in [-0.39, 0.29) is 0 Å². The number of hydrogen-bond donors (Lipinski definition) is 0. The van der Waals surface area contributed by atoms with Gasteiger partial charge in [-0.3, -0.25) is 0 Å². The fourth-order valence-electron chi connectivity index (χ4n) is 9.00. The molecule has 0 spiro atoms. The first-order valence-corrected chi connectivity index (χ1v) is 21.2. The molecular weight excluding hydrogens is 755 g/mol. The van der Waals surface area contributed by atoms with Gasteiger partial charge in [0.2, 0.25) is 0 Å². The van der Waals surface area contributed by atoms with Crippen molar-refractivity contribution in [2.75, 3.05) is 0 Å². The van der Waals surface area contributed by atoms with E-state index < -0.39 is 0 Å². The van der Waals surface area contributed by atoms with Crippen molar-refractivity contribution in [2.45, 2.75) is 13.3 Å². The number of fused-ring (bicyclic) bond motifs is 3. The van der Waals surface area contributed by atoms with Crippen LogP contribution in [0.3, 0.4) is 0 Å². The Morgan fingerprint density at radius 2 is 0.935 bits per heavy atom. The molecule has 0 saturated carbocycles. The molecule has 294 valence electrons. The van der Waals surface area contributed by atoms with Crippen molar-refractivity contribution in [3.05, 3.63) is 218 Å². The first-order valence-electron chi connectivity index (χ1n) is 21.2. The zero-order valence-electron chi connectivity index (χ0n) is 34.2. The first-order chi connectivity index (χ1) is 30.7. The van der Waals surface area contributed by atoms with Crippen LogP contribution < -0.4 is 0 Å². The highest BCUT2D eigenvalue weighted by atomic mass is 16.3. The summed E-state index contributed by atoms with van der Waals surface area (Å²) in [5.41, 5.74) is 16.1. The van der Waals surface area contributed by atoms with E-state index in [1.165, 1.54) is 39.0 Å². The average Bonchev–Trinajstić information content (AvgIpc) is 3.73. The second-order valence-electron chi connectivity index (χ2n) is 16.0. The van der Waals surface area contributed by atoms with Crippen molar-refractivity contribution < 1.29 is 4.42 Å². The van der Waals surface area contributed by atoms with Crippen LogP contribution in [0, 0.1) is 5.92 Å². The summed E-state index contributed by atoms with van der Waals surface area (Å²) in [6.45, 7) is 2.30. The smallest absolute Gasteiger partial charge is 0.167 e. The zero-order valence-corrected chi connectivity index (χ0v) is 34.2. The lowest BCUT2D eigenvalue weighted by Crippen LogP contribution is -2.03. The first kappa shape index (κ1) is 37.1. The van der Waals surface area contributed by atoms with Gasteiger partial charge in [0.05, 0.1) is 5.56 Å².